The molecule has 5 heteroatoms. The van der Waals surface area contributed by atoms with Gasteiger partial charge in [-0.3, -0.25) is 0 Å². The predicted octanol–water partition coefficient (Wildman–Crippen LogP) is 13.4. The first-order valence-corrected chi connectivity index (χ1v) is 17.6. The predicted molar refractivity (Wildman–Crippen MR) is 205 cm³/mol. The zero-order valence-corrected chi connectivity index (χ0v) is 27.3. The third-order valence-electron chi connectivity index (χ3n) is 9.10. The molecular weight excluding hydrogens is 625 g/mol. The number of benzene rings is 7. The normalized spacial score (nSPS) is 11.8. The summed E-state index contributed by atoms with van der Waals surface area (Å²) in [6.07, 6.45) is 0. The van der Waals surface area contributed by atoms with E-state index >= 15 is 0 Å². The van der Waals surface area contributed by atoms with E-state index in [-0.39, 0.29) is 0 Å². The van der Waals surface area contributed by atoms with E-state index in [1.807, 2.05) is 17.4 Å². The van der Waals surface area contributed by atoms with Gasteiger partial charge in [0.1, 0.15) is 16.2 Å². The second-order valence-electron chi connectivity index (χ2n) is 12.0. The van der Waals surface area contributed by atoms with Gasteiger partial charge in [0.2, 0.25) is 0 Å². The molecule has 3 heterocycles. The van der Waals surface area contributed by atoms with E-state index in [0.29, 0.717) is 0 Å². The van der Waals surface area contributed by atoms with E-state index in [1.54, 1.807) is 11.3 Å². The van der Waals surface area contributed by atoms with Crippen molar-refractivity contribution in [3.05, 3.63) is 158 Å². The zero-order valence-electron chi connectivity index (χ0n) is 25.6. The van der Waals surface area contributed by atoms with Gasteiger partial charge in [-0.2, -0.15) is 0 Å². The van der Waals surface area contributed by atoms with Crippen LogP contribution < -0.4 is 4.90 Å². The first kappa shape index (κ1) is 27.4. The molecule has 10 aromatic rings. The lowest BCUT2D eigenvalue weighted by Gasteiger charge is -2.25. The lowest BCUT2D eigenvalue weighted by molar-refractivity contribution is 0.669. The number of hydrogen-bond acceptors (Lipinski definition) is 5. The fraction of sp³-hybridized carbons (Fsp3) is 0. The molecule has 0 bridgehead atoms. The number of hydrogen-bond donors (Lipinski definition) is 0. The highest BCUT2D eigenvalue weighted by Crippen LogP contribution is 2.43. The highest BCUT2D eigenvalue weighted by Gasteiger charge is 2.17. The van der Waals surface area contributed by atoms with Crippen molar-refractivity contribution in [3.63, 3.8) is 0 Å². The number of anilines is 3. The number of furan rings is 1. The lowest BCUT2D eigenvalue weighted by atomic mass is 10.0. The standard InChI is InChI=1S/C43H26N2OS2/c1-3-9-28(10-4-1)43-44-36-22-24-38-41(42(36)48-43)35-25-29(17-23-37(35)46-38)27-15-18-31(19-16-27)45(30-11-5-2-6-12-30)32-20-21-34-33-13-7-8-14-39(33)47-40(34)26-32/h1-26H. The molecule has 3 nitrogen and oxygen atoms in total. The average molecular weight is 651 g/mol. The molecule has 7 aromatic carbocycles. The highest BCUT2D eigenvalue weighted by molar-refractivity contribution is 7.25. The van der Waals surface area contributed by atoms with Gasteiger partial charge in [-0.15, -0.1) is 22.7 Å². The van der Waals surface area contributed by atoms with Crippen molar-refractivity contribution in [1.82, 2.24) is 4.98 Å². The molecule has 48 heavy (non-hydrogen) atoms. The number of thiophene rings is 1. The van der Waals surface area contributed by atoms with Crippen LogP contribution in [0.2, 0.25) is 0 Å². The topological polar surface area (TPSA) is 29.3 Å². The molecule has 0 saturated heterocycles. The van der Waals surface area contributed by atoms with Crippen LogP contribution in [-0.2, 0) is 0 Å². The van der Waals surface area contributed by atoms with E-state index in [1.165, 1.54) is 20.2 Å². The summed E-state index contributed by atoms with van der Waals surface area (Å²) in [5.41, 5.74) is 9.60. The molecule has 0 spiro atoms. The van der Waals surface area contributed by atoms with Crippen LogP contribution in [0, 0.1) is 0 Å². The summed E-state index contributed by atoms with van der Waals surface area (Å²) in [5, 5.41) is 5.88. The molecule has 0 atom stereocenters. The van der Waals surface area contributed by atoms with Crippen molar-refractivity contribution in [2.45, 2.75) is 0 Å². The smallest absolute Gasteiger partial charge is 0.137 e. The molecule has 0 saturated carbocycles. The van der Waals surface area contributed by atoms with E-state index in [2.05, 4.69) is 157 Å². The van der Waals surface area contributed by atoms with Gasteiger partial charge in [0, 0.05) is 53.6 Å². The molecule has 0 aliphatic rings. The van der Waals surface area contributed by atoms with Gasteiger partial charge in [-0.1, -0.05) is 91.0 Å². The SMILES string of the molecule is c1ccc(-c2nc3ccc4oc5ccc(-c6ccc(N(c7ccccc7)c7ccc8c(c7)sc7ccccc78)cc6)cc5c4c3s2)cc1. The van der Waals surface area contributed by atoms with E-state index in [9.17, 15) is 0 Å². The number of rotatable bonds is 5. The van der Waals surface area contributed by atoms with Crippen molar-refractivity contribution in [1.29, 1.82) is 0 Å². The Hall–Kier alpha value is -5.75. The number of fused-ring (bicyclic) bond motifs is 8. The Morgan fingerprint density at radius 1 is 0.458 bits per heavy atom. The van der Waals surface area contributed by atoms with Crippen LogP contribution in [0.3, 0.4) is 0 Å². The van der Waals surface area contributed by atoms with Crippen molar-refractivity contribution in [2.75, 3.05) is 4.90 Å². The number of para-hydroxylation sites is 1. The summed E-state index contributed by atoms with van der Waals surface area (Å²) in [6, 6.07) is 56.0. The van der Waals surface area contributed by atoms with Gasteiger partial charge in [0.25, 0.3) is 0 Å². The van der Waals surface area contributed by atoms with Gasteiger partial charge >= 0.3 is 0 Å². The monoisotopic (exact) mass is 650 g/mol. The number of nitrogens with zero attached hydrogens (tertiary/aromatic N) is 2. The van der Waals surface area contributed by atoms with Crippen molar-refractivity contribution in [3.8, 4) is 21.7 Å². The van der Waals surface area contributed by atoms with Gasteiger partial charge in [-0.05, 0) is 77.9 Å². The van der Waals surface area contributed by atoms with Crippen LogP contribution in [0.4, 0.5) is 17.1 Å². The van der Waals surface area contributed by atoms with Crippen LogP contribution in [0.5, 0.6) is 0 Å². The fourth-order valence-electron chi connectivity index (χ4n) is 6.81. The van der Waals surface area contributed by atoms with Crippen molar-refractivity contribution < 1.29 is 4.42 Å². The summed E-state index contributed by atoms with van der Waals surface area (Å²) in [4.78, 5) is 7.32. The quantitative estimate of drug-likeness (QED) is 0.186. The maximum absolute atomic E-state index is 6.34. The Balaban J connectivity index is 1.06. The summed E-state index contributed by atoms with van der Waals surface area (Å²) < 4.78 is 10.1. The molecule has 0 radical (unpaired) electrons. The molecule has 0 aliphatic heterocycles. The van der Waals surface area contributed by atoms with Gasteiger partial charge in [0.15, 0.2) is 0 Å². The molecule has 3 aromatic heterocycles. The molecule has 10 rings (SSSR count). The summed E-state index contributed by atoms with van der Waals surface area (Å²) in [7, 11) is 0. The minimum absolute atomic E-state index is 0.888. The van der Waals surface area contributed by atoms with Crippen LogP contribution in [0.1, 0.15) is 0 Å². The van der Waals surface area contributed by atoms with Gasteiger partial charge in [0.05, 0.1) is 10.2 Å². The molecule has 0 aliphatic carbocycles. The van der Waals surface area contributed by atoms with Crippen molar-refractivity contribution in [2.24, 2.45) is 0 Å². The molecule has 226 valence electrons. The Morgan fingerprint density at radius 2 is 1.15 bits per heavy atom. The largest absolute Gasteiger partial charge is 0.456 e. The average Bonchev–Trinajstić information content (AvgIpc) is 3.85. The van der Waals surface area contributed by atoms with Crippen molar-refractivity contribution >= 4 is 92.1 Å². The Kier molecular flexibility index (Phi) is 6.22. The molecule has 0 unspecified atom stereocenters. The minimum Gasteiger partial charge on any atom is -0.456 e. The number of aromatic nitrogens is 1. The number of thiazole rings is 1. The molecule has 0 N–H and O–H groups in total. The maximum Gasteiger partial charge on any atom is 0.137 e. The van der Waals surface area contributed by atoms with E-state index < -0.39 is 0 Å². The van der Waals surface area contributed by atoms with E-state index in [0.717, 1.165) is 70.9 Å². The molecule has 0 fully saturated rings. The van der Waals surface area contributed by atoms with Crippen LogP contribution >= 0.6 is 22.7 Å². The third-order valence-corrected chi connectivity index (χ3v) is 11.4. The first-order valence-electron chi connectivity index (χ1n) is 15.9. The fourth-order valence-corrected chi connectivity index (χ4v) is 9.07. The zero-order chi connectivity index (χ0) is 31.6. The molecule has 0 amide bonds. The summed E-state index contributed by atoms with van der Waals surface area (Å²) >= 11 is 3.58. The highest BCUT2D eigenvalue weighted by atomic mass is 32.1. The second kappa shape index (κ2) is 10.9. The Morgan fingerprint density at radius 3 is 2.00 bits per heavy atom. The Bertz CT molecular complexity index is 2780. The Labute approximate surface area is 284 Å². The molecular formula is C43H26N2OS2. The summed E-state index contributed by atoms with van der Waals surface area (Å²) in [6.45, 7) is 0. The minimum atomic E-state index is 0.888. The first-order chi connectivity index (χ1) is 23.8. The van der Waals surface area contributed by atoms with Gasteiger partial charge < -0.3 is 9.32 Å². The van der Waals surface area contributed by atoms with Crippen LogP contribution in [-0.4, -0.2) is 4.98 Å². The maximum atomic E-state index is 6.34. The third kappa shape index (κ3) is 4.43. The van der Waals surface area contributed by atoms with Gasteiger partial charge in [-0.25, -0.2) is 4.98 Å². The summed E-state index contributed by atoms with van der Waals surface area (Å²) in [5.74, 6) is 0. The van der Waals surface area contributed by atoms with Crippen LogP contribution in [0.15, 0.2) is 162 Å². The second-order valence-corrected chi connectivity index (χ2v) is 14.1. The van der Waals surface area contributed by atoms with Crippen LogP contribution in [0.25, 0.3) is 74.0 Å². The lowest BCUT2D eigenvalue weighted by Crippen LogP contribution is -2.09. The van der Waals surface area contributed by atoms with E-state index in [4.69, 9.17) is 9.40 Å².